The number of hydrogen-bond acceptors (Lipinski definition) is 10. The van der Waals surface area contributed by atoms with E-state index in [4.69, 9.17) is 25.8 Å². The molecule has 4 amide bonds. The van der Waals surface area contributed by atoms with E-state index >= 15 is 0 Å². The van der Waals surface area contributed by atoms with Gasteiger partial charge in [-0.2, -0.15) is 0 Å². The van der Waals surface area contributed by atoms with Crippen LogP contribution in [0.5, 0.6) is 11.6 Å². The second-order valence-corrected chi connectivity index (χ2v) is 18.8. The van der Waals surface area contributed by atoms with Gasteiger partial charge in [0.05, 0.1) is 24.6 Å². The zero-order valence-corrected chi connectivity index (χ0v) is 33.1. The molecule has 4 aliphatic rings. The number of amides is 4. The molecule has 1 aromatic carbocycles. The normalized spacial score (nSPS) is 28.4. The number of nitrogens with zero attached hydrogens (tertiary/aromatic N) is 2. The first-order valence-corrected chi connectivity index (χ1v) is 20.4. The van der Waals surface area contributed by atoms with E-state index < -0.39 is 79.7 Å². The molecule has 0 radical (unpaired) electrons. The molecule has 3 N–H and O–H groups in total. The molecule has 1 saturated heterocycles. The third-order valence-electron chi connectivity index (χ3n) is 10.9. The zero-order valence-electron chi connectivity index (χ0n) is 31.6. The molecular formula is C38H50ClN5O9S. The highest BCUT2D eigenvalue weighted by Gasteiger charge is 2.63. The summed E-state index contributed by atoms with van der Waals surface area (Å²) in [7, 11) is -2.48. The summed E-state index contributed by atoms with van der Waals surface area (Å²) in [4.78, 5) is 62.0. The van der Waals surface area contributed by atoms with E-state index in [1.165, 1.54) is 18.2 Å². The molecule has 1 aromatic heterocycles. The van der Waals surface area contributed by atoms with Crippen LogP contribution in [-0.2, 0) is 29.1 Å². The fraction of sp³-hybridized carbons (Fsp3) is 0.605. The molecule has 54 heavy (non-hydrogen) atoms. The number of nitrogens with one attached hydrogen (secondary N) is 3. The fourth-order valence-electron chi connectivity index (χ4n) is 7.29. The summed E-state index contributed by atoms with van der Waals surface area (Å²) in [5.74, 6) is -2.38. The quantitative estimate of drug-likeness (QED) is 0.331. The third kappa shape index (κ3) is 8.12. The number of methoxy groups -OCH3 is 1. The van der Waals surface area contributed by atoms with Crippen molar-refractivity contribution in [2.24, 2.45) is 11.8 Å². The number of ether oxygens (including phenoxy) is 3. The molecular weight excluding hydrogens is 738 g/mol. The maximum absolute atomic E-state index is 14.6. The molecule has 3 heterocycles. The second-order valence-electron chi connectivity index (χ2n) is 16.2. The SMILES string of the molecule is COc1cnc(O[C@H]2CN3C(=O)[C@@H](NC(=O)OC(C)(C)C)CCCCCC=C[C@@H]4C[C@@]4(C(=O)NS(=O)(=O)C4(C)CC4)NC(=O)[C@@H]3[C@@H]2C)c2cc(Cl)ccc12. The van der Waals surface area contributed by atoms with Gasteiger partial charge in [-0.05, 0) is 84.4 Å². The van der Waals surface area contributed by atoms with E-state index in [1.807, 2.05) is 12.2 Å². The monoisotopic (exact) mass is 787 g/mol. The Morgan fingerprint density at radius 3 is 2.54 bits per heavy atom. The lowest BCUT2D eigenvalue weighted by Crippen LogP contribution is -2.59. The highest BCUT2D eigenvalue weighted by molar-refractivity contribution is 7.91. The minimum Gasteiger partial charge on any atom is -0.494 e. The van der Waals surface area contributed by atoms with Crippen molar-refractivity contribution in [1.29, 1.82) is 0 Å². The first-order valence-electron chi connectivity index (χ1n) is 18.5. The molecule has 2 saturated carbocycles. The molecule has 3 fully saturated rings. The van der Waals surface area contributed by atoms with Crippen molar-refractivity contribution >= 4 is 56.2 Å². The first kappa shape index (κ1) is 39.6. The number of sulfonamides is 1. The van der Waals surface area contributed by atoms with E-state index in [1.54, 1.807) is 52.8 Å². The van der Waals surface area contributed by atoms with Crippen LogP contribution in [0.2, 0.25) is 5.02 Å². The average Bonchev–Trinajstić information content (AvgIpc) is 3.99. The van der Waals surface area contributed by atoms with Crippen LogP contribution < -0.4 is 24.8 Å². The summed E-state index contributed by atoms with van der Waals surface area (Å²) < 4.78 is 45.1. The number of hydrogen-bond donors (Lipinski definition) is 3. The summed E-state index contributed by atoms with van der Waals surface area (Å²) in [5, 5.41) is 7.34. The Hall–Kier alpha value is -4.11. The molecule has 14 nitrogen and oxygen atoms in total. The maximum atomic E-state index is 14.6. The van der Waals surface area contributed by atoms with Crippen LogP contribution in [0.3, 0.4) is 0 Å². The number of halogens is 1. The molecule has 0 spiro atoms. The predicted molar refractivity (Wildman–Crippen MR) is 201 cm³/mol. The number of allylic oxidation sites excluding steroid dienone is 1. The van der Waals surface area contributed by atoms with Crippen molar-refractivity contribution in [1.82, 2.24) is 25.2 Å². The highest BCUT2D eigenvalue weighted by Crippen LogP contribution is 2.48. The second kappa shape index (κ2) is 14.9. The number of benzene rings is 1. The van der Waals surface area contributed by atoms with Crippen molar-refractivity contribution in [3.8, 4) is 11.6 Å². The van der Waals surface area contributed by atoms with Crippen LogP contribution in [-0.4, -0.2) is 89.8 Å². The Morgan fingerprint density at radius 1 is 1.11 bits per heavy atom. The molecule has 294 valence electrons. The summed E-state index contributed by atoms with van der Waals surface area (Å²) in [5.41, 5.74) is -2.36. The lowest BCUT2D eigenvalue weighted by atomic mass is 9.98. The first-order chi connectivity index (χ1) is 25.4. The van der Waals surface area contributed by atoms with E-state index in [0.29, 0.717) is 53.6 Å². The van der Waals surface area contributed by atoms with Gasteiger partial charge >= 0.3 is 6.09 Å². The van der Waals surface area contributed by atoms with Crippen LogP contribution in [0.25, 0.3) is 10.8 Å². The molecule has 6 atom stereocenters. The largest absolute Gasteiger partial charge is 0.494 e. The fourth-order valence-corrected chi connectivity index (χ4v) is 8.77. The van der Waals surface area contributed by atoms with Gasteiger partial charge in [0.2, 0.25) is 27.7 Å². The number of fused-ring (bicyclic) bond motifs is 3. The number of pyridine rings is 1. The van der Waals surface area contributed by atoms with Crippen molar-refractivity contribution in [2.75, 3.05) is 13.7 Å². The number of carbonyl (C=O) groups is 4. The molecule has 0 unspecified atom stereocenters. The van der Waals surface area contributed by atoms with Crippen LogP contribution in [0, 0.1) is 11.8 Å². The summed E-state index contributed by atoms with van der Waals surface area (Å²) in [6.07, 6.45) is 7.93. The summed E-state index contributed by atoms with van der Waals surface area (Å²) in [6.45, 7) is 8.46. The Balaban J connectivity index is 1.36. The van der Waals surface area contributed by atoms with Gasteiger partial charge in [0, 0.05) is 27.6 Å². The van der Waals surface area contributed by atoms with E-state index in [-0.39, 0.29) is 18.8 Å². The smallest absolute Gasteiger partial charge is 0.408 e. The van der Waals surface area contributed by atoms with Crippen LogP contribution in [0.1, 0.15) is 86.0 Å². The Labute approximate surface area is 321 Å². The van der Waals surface area contributed by atoms with Gasteiger partial charge in [0.25, 0.3) is 5.91 Å². The Morgan fingerprint density at radius 2 is 1.85 bits per heavy atom. The standard InChI is InChI=1S/C38H50ClN5O9S/c1-22-29(52-32-26-18-24(39)14-15-25(26)28(51-6)20-40-32)21-44-30(22)31(45)42-38(34(47)43-54(49,50)37(5)16-17-37)19-23(38)12-10-8-7-9-11-13-27(33(44)46)41-35(48)53-36(2,3)4/h10,12,14-15,18,20,22-23,27,29-30H,7-9,11,13,16-17,19,21H2,1-6H3,(H,41,48)(H,42,45)(H,43,47)/t22-,23-,27+,29+,30+,38-/m1/s1. The van der Waals surface area contributed by atoms with Crippen LogP contribution in [0.4, 0.5) is 4.79 Å². The van der Waals surface area contributed by atoms with Gasteiger partial charge in [0.15, 0.2) is 0 Å². The molecule has 2 aromatic rings. The highest BCUT2D eigenvalue weighted by atomic mass is 35.5. The summed E-state index contributed by atoms with van der Waals surface area (Å²) >= 11 is 6.37. The van der Waals surface area contributed by atoms with E-state index in [9.17, 15) is 27.6 Å². The molecule has 2 aliphatic heterocycles. The van der Waals surface area contributed by atoms with Gasteiger partial charge < -0.3 is 29.7 Å². The average molecular weight is 788 g/mol. The third-order valence-corrected chi connectivity index (χ3v) is 13.3. The van der Waals surface area contributed by atoms with E-state index in [0.717, 1.165) is 12.8 Å². The minimum atomic E-state index is -4.01. The van der Waals surface area contributed by atoms with Gasteiger partial charge in [-0.15, -0.1) is 0 Å². The van der Waals surface area contributed by atoms with Crippen molar-refractivity contribution in [2.45, 2.75) is 120 Å². The number of alkyl carbamates (subject to hydrolysis) is 1. The topological polar surface area (TPSA) is 182 Å². The van der Waals surface area contributed by atoms with Crippen molar-refractivity contribution in [3.05, 3.63) is 41.6 Å². The van der Waals surface area contributed by atoms with Crippen molar-refractivity contribution in [3.63, 3.8) is 0 Å². The van der Waals surface area contributed by atoms with Gasteiger partial charge in [0.1, 0.15) is 35.1 Å². The lowest BCUT2D eigenvalue weighted by molar-refractivity contribution is -0.142. The van der Waals surface area contributed by atoms with Gasteiger partial charge in [-0.25, -0.2) is 18.2 Å². The van der Waals surface area contributed by atoms with Crippen LogP contribution in [0.15, 0.2) is 36.5 Å². The maximum Gasteiger partial charge on any atom is 0.408 e. The molecule has 0 bridgehead atoms. The molecule has 6 rings (SSSR count). The minimum absolute atomic E-state index is 0.0599. The number of carbonyl (C=O) groups excluding carboxylic acids is 4. The van der Waals surface area contributed by atoms with Gasteiger partial charge in [-0.3, -0.25) is 19.1 Å². The van der Waals surface area contributed by atoms with Crippen molar-refractivity contribution < 1.29 is 41.8 Å². The Kier molecular flexibility index (Phi) is 10.9. The summed E-state index contributed by atoms with van der Waals surface area (Å²) in [6, 6.07) is 2.99. The number of aromatic nitrogens is 1. The molecule has 16 heteroatoms. The van der Waals surface area contributed by atoms with Gasteiger partial charge in [-0.1, -0.05) is 43.5 Å². The Bertz CT molecular complexity index is 1960. The zero-order chi connectivity index (χ0) is 39.2. The predicted octanol–water partition coefficient (Wildman–Crippen LogP) is 4.78. The van der Waals surface area contributed by atoms with E-state index in [2.05, 4.69) is 20.3 Å². The van der Waals surface area contributed by atoms with Crippen LogP contribution >= 0.6 is 11.6 Å². The number of rotatable bonds is 7. The lowest BCUT2D eigenvalue weighted by Gasteiger charge is -2.31. The molecule has 2 aliphatic carbocycles.